The minimum absolute atomic E-state index is 0.0104. The second-order valence-corrected chi connectivity index (χ2v) is 4.85. The zero-order chi connectivity index (χ0) is 11.8. The molecular weight excluding hydrogens is 204 g/mol. The van der Waals surface area contributed by atoms with Crippen molar-refractivity contribution in [2.45, 2.75) is 31.8 Å². The molecule has 1 atom stereocenters. The number of likely N-dealkylation sites (N-methyl/N-ethyl adjacent to an activating group) is 1. The molecule has 1 aliphatic rings. The van der Waals surface area contributed by atoms with Gasteiger partial charge in [0, 0.05) is 19.2 Å². The predicted molar refractivity (Wildman–Crippen MR) is 60.5 cm³/mol. The Morgan fingerprint density at radius 3 is 2.88 bits per heavy atom. The molecule has 0 spiro atoms. The molecule has 0 saturated heterocycles. The number of rotatable bonds is 4. The van der Waals surface area contributed by atoms with Gasteiger partial charge in [-0.3, -0.25) is 4.79 Å². The van der Waals surface area contributed by atoms with Crippen molar-refractivity contribution in [3.8, 4) is 0 Å². The predicted octanol–water partition coefficient (Wildman–Crippen LogP) is 1.37. The molecule has 0 radical (unpaired) electrons. The third-order valence-corrected chi connectivity index (χ3v) is 3.23. The minimum atomic E-state index is -0.710. The molecule has 1 saturated carbocycles. The van der Waals surface area contributed by atoms with Crippen LogP contribution in [0.2, 0.25) is 0 Å². The van der Waals surface area contributed by atoms with Gasteiger partial charge < -0.3 is 15.1 Å². The topological polar surface area (TPSA) is 59.5 Å². The molecule has 0 aromatic carbocycles. The van der Waals surface area contributed by atoms with Gasteiger partial charge in [-0.1, -0.05) is 0 Å². The van der Waals surface area contributed by atoms with Gasteiger partial charge in [0.25, 0.3) is 0 Å². The van der Waals surface area contributed by atoms with Crippen LogP contribution in [0.3, 0.4) is 0 Å². The normalized spacial score (nSPS) is 19.2. The number of furan rings is 1. The van der Waals surface area contributed by atoms with E-state index in [0.29, 0.717) is 12.5 Å². The van der Waals surface area contributed by atoms with E-state index in [0.717, 1.165) is 18.4 Å². The van der Waals surface area contributed by atoms with Crippen LogP contribution in [0.25, 0.3) is 0 Å². The first kappa shape index (κ1) is 11.2. The summed E-state index contributed by atoms with van der Waals surface area (Å²) in [7, 11) is 1.78. The van der Waals surface area contributed by atoms with Crippen LogP contribution in [0, 0.1) is 5.92 Å². The summed E-state index contributed by atoms with van der Waals surface area (Å²) in [6.07, 6.45) is 5.39. The van der Waals surface area contributed by atoms with Crippen LogP contribution in [-0.4, -0.2) is 23.4 Å². The summed E-state index contributed by atoms with van der Waals surface area (Å²) in [5, 5.41) is 0. The third kappa shape index (κ3) is 2.11. The van der Waals surface area contributed by atoms with Gasteiger partial charge >= 0.3 is 0 Å². The van der Waals surface area contributed by atoms with Crippen LogP contribution in [0.1, 0.15) is 25.3 Å². The van der Waals surface area contributed by atoms with Crippen LogP contribution in [0.15, 0.2) is 23.0 Å². The number of hydrogen-bond donors (Lipinski definition) is 1. The van der Waals surface area contributed by atoms with Gasteiger partial charge in [0.2, 0.25) is 5.91 Å². The highest BCUT2D eigenvalue weighted by Gasteiger charge is 2.45. The standard InChI is InChI=1S/C12H18N2O2/c1-12(13,10-3-4-10)11(15)14(2)7-9-5-6-16-8-9/h5-6,8,10H,3-4,7,13H2,1-2H3. The van der Waals surface area contributed by atoms with Crippen molar-refractivity contribution in [3.05, 3.63) is 24.2 Å². The van der Waals surface area contributed by atoms with Gasteiger partial charge in [-0.2, -0.15) is 0 Å². The van der Waals surface area contributed by atoms with Crippen LogP contribution in [0.5, 0.6) is 0 Å². The molecule has 4 nitrogen and oxygen atoms in total. The second-order valence-electron chi connectivity index (χ2n) is 4.85. The maximum absolute atomic E-state index is 12.1. The fourth-order valence-corrected chi connectivity index (χ4v) is 2.00. The van der Waals surface area contributed by atoms with E-state index in [1.54, 1.807) is 24.5 Å². The SMILES string of the molecule is CN(Cc1ccoc1)C(=O)C(C)(N)C1CC1. The molecule has 2 rings (SSSR count). The van der Waals surface area contributed by atoms with E-state index in [-0.39, 0.29) is 5.91 Å². The van der Waals surface area contributed by atoms with Gasteiger partial charge in [0.15, 0.2) is 0 Å². The summed E-state index contributed by atoms with van der Waals surface area (Å²) in [4.78, 5) is 13.8. The van der Waals surface area contributed by atoms with Crippen LogP contribution in [-0.2, 0) is 11.3 Å². The van der Waals surface area contributed by atoms with Crippen LogP contribution >= 0.6 is 0 Å². The van der Waals surface area contributed by atoms with Crippen molar-refractivity contribution in [2.75, 3.05) is 7.05 Å². The first-order chi connectivity index (χ1) is 7.51. The molecule has 1 amide bonds. The highest BCUT2D eigenvalue weighted by atomic mass is 16.3. The molecule has 1 unspecified atom stereocenters. The van der Waals surface area contributed by atoms with Crippen LogP contribution < -0.4 is 5.73 Å². The minimum Gasteiger partial charge on any atom is -0.472 e. The summed E-state index contributed by atoms with van der Waals surface area (Å²) in [5.41, 5.74) is 6.36. The summed E-state index contributed by atoms with van der Waals surface area (Å²) in [6.45, 7) is 2.38. The molecule has 2 N–H and O–H groups in total. The lowest BCUT2D eigenvalue weighted by Gasteiger charge is -2.29. The molecule has 1 heterocycles. The Labute approximate surface area is 95.4 Å². The van der Waals surface area contributed by atoms with Crippen molar-refractivity contribution in [1.82, 2.24) is 4.90 Å². The van der Waals surface area contributed by atoms with Crippen molar-refractivity contribution in [2.24, 2.45) is 11.7 Å². The molecule has 0 bridgehead atoms. The zero-order valence-corrected chi connectivity index (χ0v) is 9.77. The smallest absolute Gasteiger partial charge is 0.242 e. The number of amides is 1. The number of nitrogens with two attached hydrogens (primary N) is 1. The fourth-order valence-electron chi connectivity index (χ4n) is 2.00. The number of hydrogen-bond acceptors (Lipinski definition) is 3. The van der Waals surface area contributed by atoms with Gasteiger partial charge in [0.05, 0.1) is 18.1 Å². The maximum atomic E-state index is 12.1. The van der Waals surface area contributed by atoms with Gasteiger partial charge in [-0.05, 0) is 31.7 Å². The molecule has 1 fully saturated rings. The maximum Gasteiger partial charge on any atom is 0.242 e. The third-order valence-electron chi connectivity index (χ3n) is 3.23. The molecule has 16 heavy (non-hydrogen) atoms. The van der Waals surface area contributed by atoms with Crippen molar-refractivity contribution >= 4 is 5.91 Å². The summed E-state index contributed by atoms with van der Waals surface area (Å²) in [6, 6.07) is 1.86. The Bertz CT molecular complexity index is 366. The fraction of sp³-hybridized carbons (Fsp3) is 0.583. The van der Waals surface area contributed by atoms with E-state index < -0.39 is 5.54 Å². The lowest BCUT2D eigenvalue weighted by Crippen LogP contribution is -2.53. The molecular formula is C12H18N2O2. The average molecular weight is 222 g/mol. The van der Waals surface area contributed by atoms with Gasteiger partial charge in [-0.15, -0.1) is 0 Å². The Balaban J connectivity index is 1.98. The van der Waals surface area contributed by atoms with Crippen molar-refractivity contribution in [3.63, 3.8) is 0 Å². The van der Waals surface area contributed by atoms with E-state index in [4.69, 9.17) is 10.2 Å². The van der Waals surface area contributed by atoms with Crippen molar-refractivity contribution < 1.29 is 9.21 Å². The van der Waals surface area contributed by atoms with Crippen LogP contribution in [0.4, 0.5) is 0 Å². The Kier molecular flexibility index (Phi) is 2.76. The lowest BCUT2D eigenvalue weighted by atomic mass is 9.95. The quantitative estimate of drug-likeness (QED) is 0.837. The summed E-state index contributed by atoms with van der Waals surface area (Å²) < 4.78 is 4.97. The Morgan fingerprint density at radius 1 is 1.69 bits per heavy atom. The van der Waals surface area contributed by atoms with E-state index in [2.05, 4.69) is 0 Å². The zero-order valence-electron chi connectivity index (χ0n) is 9.77. The lowest BCUT2D eigenvalue weighted by molar-refractivity contribution is -0.136. The summed E-state index contributed by atoms with van der Waals surface area (Å²) in [5.74, 6) is 0.364. The van der Waals surface area contributed by atoms with E-state index in [1.165, 1.54) is 0 Å². The summed E-state index contributed by atoms with van der Waals surface area (Å²) >= 11 is 0. The second kappa shape index (κ2) is 3.94. The number of carbonyl (C=O) groups excluding carboxylic acids is 1. The molecule has 1 aromatic heterocycles. The van der Waals surface area contributed by atoms with Crippen molar-refractivity contribution in [1.29, 1.82) is 0 Å². The Morgan fingerprint density at radius 2 is 2.38 bits per heavy atom. The highest BCUT2D eigenvalue weighted by molar-refractivity contribution is 5.86. The van der Waals surface area contributed by atoms with E-state index in [9.17, 15) is 4.79 Å². The molecule has 1 aromatic rings. The molecule has 0 aliphatic heterocycles. The highest BCUT2D eigenvalue weighted by Crippen LogP contribution is 2.38. The van der Waals surface area contributed by atoms with E-state index in [1.807, 2.05) is 13.0 Å². The van der Waals surface area contributed by atoms with Gasteiger partial charge in [0.1, 0.15) is 0 Å². The molecule has 4 heteroatoms. The molecule has 88 valence electrons. The largest absolute Gasteiger partial charge is 0.472 e. The Hall–Kier alpha value is -1.29. The van der Waals surface area contributed by atoms with Gasteiger partial charge in [-0.25, -0.2) is 0 Å². The first-order valence-corrected chi connectivity index (χ1v) is 5.57. The first-order valence-electron chi connectivity index (χ1n) is 5.57. The number of nitrogens with zero attached hydrogens (tertiary/aromatic N) is 1. The molecule has 1 aliphatic carbocycles. The number of carbonyl (C=O) groups is 1. The average Bonchev–Trinajstić information content (AvgIpc) is 2.99. The van der Waals surface area contributed by atoms with E-state index >= 15 is 0 Å². The monoisotopic (exact) mass is 222 g/mol.